The first-order chi connectivity index (χ1) is 14.3. The normalized spacial score (nSPS) is 15.1. The van der Waals surface area contributed by atoms with Crippen LogP contribution in [0.4, 0.5) is 0 Å². The number of carbonyl (C=O) groups excluding carboxylic acids is 1. The predicted molar refractivity (Wildman–Crippen MR) is 117 cm³/mol. The SMILES string of the molecule is CCN(CC)S(=O)(=O)c1cc(C(=O)NC(c2ccc(OC)cc2)C2CC2)ccc1Cl. The molecule has 1 amide bonds. The van der Waals surface area contributed by atoms with Crippen LogP contribution >= 0.6 is 11.6 Å². The average Bonchev–Trinajstić information content (AvgIpc) is 3.58. The fourth-order valence-electron chi connectivity index (χ4n) is 3.48. The highest BCUT2D eigenvalue weighted by atomic mass is 35.5. The monoisotopic (exact) mass is 450 g/mol. The van der Waals surface area contributed by atoms with Crippen molar-refractivity contribution in [3.05, 3.63) is 58.6 Å². The van der Waals surface area contributed by atoms with Crippen LogP contribution in [0.25, 0.3) is 0 Å². The smallest absolute Gasteiger partial charge is 0.251 e. The maximum absolute atomic E-state index is 13.0. The van der Waals surface area contributed by atoms with Crippen LogP contribution in [0.1, 0.15) is 48.7 Å². The van der Waals surface area contributed by atoms with E-state index in [2.05, 4.69) is 5.32 Å². The number of methoxy groups -OCH3 is 1. The molecule has 0 radical (unpaired) electrons. The van der Waals surface area contributed by atoms with E-state index < -0.39 is 10.0 Å². The van der Waals surface area contributed by atoms with Crippen LogP contribution in [0.15, 0.2) is 47.4 Å². The number of halogens is 1. The first-order valence-electron chi connectivity index (χ1n) is 10.1. The standard InChI is InChI=1S/C22H27ClN2O4S/c1-4-25(5-2)30(27,28)20-14-17(10-13-19(20)23)22(26)24-21(15-6-7-15)16-8-11-18(29-3)12-9-16/h8-15,21H,4-7H2,1-3H3,(H,24,26). The third kappa shape index (κ3) is 4.79. The molecule has 2 aromatic rings. The number of carbonyl (C=O) groups is 1. The van der Waals surface area contributed by atoms with Crippen LogP contribution in [0, 0.1) is 5.92 Å². The van der Waals surface area contributed by atoms with Gasteiger partial charge < -0.3 is 10.1 Å². The highest BCUT2D eigenvalue weighted by molar-refractivity contribution is 7.89. The number of nitrogens with one attached hydrogen (secondary N) is 1. The van der Waals surface area contributed by atoms with Crippen molar-refractivity contribution >= 4 is 27.5 Å². The molecule has 6 nitrogen and oxygen atoms in total. The minimum atomic E-state index is -3.77. The Labute approximate surface area is 183 Å². The first kappa shape index (κ1) is 22.6. The van der Waals surface area contributed by atoms with E-state index in [-0.39, 0.29) is 27.4 Å². The summed E-state index contributed by atoms with van der Waals surface area (Å²) in [6, 6.07) is 11.9. The summed E-state index contributed by atoms with van der Waals surface area (Å²) in [7, 11) is -2.16. The Bertz CT molecular complexity index is 1000. The molecular formula is C22H27ClN2O4S. The maximum Gasteiger partial charge on any atom is 0.251 e. The molecule has 1 aliphatic rings. The Morgan fingerprint density at radius 3 is 2.33 bits per heavy atom. The van der Waals surface area contributed by atoms with E-state index in [0.717, 1.165) is 24.2 Å². The molecule has 1 N–H and O–H groups in total. The van der Waals surface area contributed by atoms with E-state index >= 15 is 0 Å². The Hall–Kier alpha value is -2.09. The molecule has 0 aromatic heterocycles. The molecule has 2 aromatic carbocycles. The van der Waals surface area contributed by atoms with Gasteiger partial charge in [0.25, 0.3) is 5.91 Å². The molecule has 162 valence electrons. The molecule has 0 aliphatic heterocycles. The highest BCUT2D eigenvalue weighted by Crippen LogP contribution is 2.41. The zero-order valence-corrected chi connectivity index (χ0v) is 19.0. The molecule has 1 unspecified atom stereocenters. The summed E-state index contributed by atoms with van der Waals surface area (Å²) in [6.07, 6.45) is 2.08. The number of ether oxygens (including phenoxy) is 1. The number of rotatable bonds is 9. The molecule has 1 fully saturated rings. The van der Waals surface area contributed by atoms with E-state index in [1.54, 1.807) is 27.0 Å². The summed E-state index contributed by atoms with van der Waals surface area (Å²) in [5.74, 6) is 0.799. The largest absolute Gasteiger partial charge is 0.497 e. The molecule has 0 spiro atoms. The minimum absolute atomic E-state index is 0.0482. The average molecular weight is 451 g/mol. The number of sulfonamides is 1. The Balaban J connectivity index is 1.87. The zero-order chi connectivity index (χ0) is 21.9. The molecular weight excluding hydrogens is 424 g/mol. The van der Waals surface area contributed by atoms with Gasteiger partial charge >= 0.3 is 0 Å². The molecule has 0 heterocycles. The van der Waals surface area contributed by atoms with Crippen LogP contribution in [0.5, 0.6) is 5.75 Å². The quantitative estimate of drug-likeness (QED) is 0.619. The summed E-state index contributed by atoms with van der Waals surface area (Å²) in [5, 5.41) is 3.18. The Kier molecular flexibility index (Phi) is 7.06. The maximum atomic E-state index is 13.0. The molecule has 30 heavy (non-hydrogen) atoms. The van der Waals surface area contributed by atoms with Crippen LogP contribution in [-0.4, -0.2) is 38.8 Å². The molecule has 0 saturated heterocycles. The van der Waals surface area contributed by atoms with Gasteiger partial charge in [-0.25, -0.2) is 8.42 Å². The predicted octanol–water partition coefficient (Wildman–Crippen LogP) is 4.26. The van der Waals surface area contributed by atoms with Crippen LogP contribution in [-0.2, 0) is 10.0 Å². The van der Waals surface area contributed by atoms with E-state index in [9.17, 15) is 13.2 Å². The lowest BCUT2D eigenvalue weighted by molar-refractivity contribution is 0.0931. The molecule has 1 atom stereocenters. The Morgan fingerprint density at radius 2 is 1.80 bits per heavy atom. The van der Waals surface area contributed by atoms with Gasteiger partial charge in [-0.3, -0.25) is 4.79 Å². The van der Waals surface area contributed by atoms with Gasteiger partial charge in [-0.15, -0.1) is 0 Å². The lowest BCUT2D eigenvalue weighted by Crippen LogP contribution is -2.32. The van der Waals surface area contributed by atoms with Gasteiger partial charge in [0, 0.05) is 18.7 Å². The van der Waals surface area contributed by atoms with Gasteiger partial charge in [-0.2, -0.15) is 4.31 Å². The van der Waals surface area contributed by atoms with Crippen molar-refractivity contribution < 1.29 is 17.9 Å². The van der Waals surface area contributed by atoms with Crippen molar-refractivity contribution in [2.24, 2.45) is 5.92 Å². The van der Waals surface area contributed by atoms with Gasteiger partial charge in [-0.05, 0) is 54.7 Å². The fraction of sp³-hybridized carbons (Fsp3) is 0.409. The van der Waals surface area contributed by atoms with Crippen LogP contribution in [0.2, 0.25) is 5.02 Å². The lowest BCUT2D eigenvalue weighted by atomic mass is 10.0. The van der Waals surface area contributed by atoms with Gasteiger partial charge in [0.1, 0.15) is 10.6 Å². The second-order valence-corrected chi connectivity index (χ2v) is 9.61. The summed E-state index contributed by atoms with van der Waals surface area (Å²) >= 11 is 6.18. The minimum Gasteiger partial charge on any atom is -0.497 e. The van der Waals surface area contributed by atoms with Crippen molar-refractivity contribution in [1.29, 1.82) is 0 Å². The molecule has 1 saturated carbocycles. The summed E-state index contributed by atoms with van der Waals surface area (Å²) in [4.78, 5) is 12.9. The molecule has 3 rings (SSSR count). The number of hydrogen-bond donors (Lipinski definition) is 1. The van der Waals surface area contributed by atoms with E-state index in [1.165, 1.54) is 16.4 Å². The van der Waals surface area contributed by atoms with E-state index in [4.69, 9.17) is 16.3 Å². The van der Waals surface area contributed by atoms with Crippen molar-refractivity contribution in [3.63, 3.8) is 0 Å². The van der Waals surface area contributed by atoms with Crippen molar-refractivity contribution in [1.82, 2.24) is 9.62 Å². The van der Waals surface area contributed by atoms with Gasteiger partial charge in [0.05, 0.1) is 18.2 Å². The lowest BCUT2D eigenvalue weighted by Gasteiger charge is -2.21. The second-order valence-electron chi connectivity index (χ2n) is 7.30. The van der Waals surface area contributed by atoms with E-state index in [0.29, 0.717) is 19.0 Å². The summed E-state index contributed by atoms with van der Waals surface area (Å²) in [6.45, 7) is 4.18. The highest BCUT2D eigenvalue weighted by Gasteiger charge is 2.34. The fourth-order valence-corrected chi connectivity index (χ4v) is 5.44. The summed E-state index contributed by atoms with van der Waals surface area (Å²) in [5.41, 5.74) is 1.26. The van der Waals surface area contributed by atoms with Crippen LogP contribution < -0.4 is 10.1 Å². The number of benzene rings is 2. The first-order valence-corrected chi connectivity index (χ1v) is 11.9. The third-order valence-electron chi connectivity index (χ3n) is 5.37. The topological polar surface area (TPSA) is 75.7 Å². The van der Waals surface area contributed by atoms with Crippen molar-refractivity contribution in [3.8, 4) is 5.75 Å². The van der Waals surface area contributed by atoms with Gasteiger partial charge in [-0.1, -0.05) is 37.6 Å². The molecule has 0 bridgehead atoms. The number of amides is 1. The third-order valence-corrected chi connectivity index (χ3v) is 7.90. The number of nitrogens with zero attached hydrogens (tertiary/aromatic N) is 1. The second kappa shape index (κ2) is 9.37. The van der Waals surface area contributed by atoms with Crippen molar-refractivity contribution in [2.75, 3.05) is 20.2 Å². The Morgan fingerprint density at radius 1 is 1.17 bits per heavy atom. The zero-order valence-electron chi connectivity index (χ0n) is 17.4. The summed E-state index contributed by atoms with van der Waals surface area (Å²) < 4.78 is 32.3. The van der Waals surface area contributed by atoms with E-state index in [1.807, 2.05) is 24.3 Å². The molecule has 1 aliphatic carbocycles. The number of hydrogen-bond acceptors (Lipinski definition) is 4. The van der Waals surface area contributed by atoms with Crippen molar-refractivity contribution in [2.45, 2.75) is 37.6 Å². The van der Waals surface area contributed by atoms with Crippen LogP contribution in [0.3, 0.4) is 0 Å². The van der Waals surface area contributed by atoms with Gasteiger partial charge in [0.15, 0.2) is 0 Å². The van der Waals surface area contributed by atoms with Gasteiger partial charge in [0.2, 0.25) is 10.0 Å². The molecule has 8 heteroatoms.